The Morgan fingerprint density at radius 3 is 2.62 bits per heavy atom. The molecule has 0 atom stereocenters. The van der Waals surface area contributed by atoms with Crippen molar-refractivity contribution in [2.24, 2.45) is 0 Å². The molecule has 7 nitrogen and oxygen atoms in total. The van der Waals surface area contributed by atoms with Crippen molar-refractivity contribution in [1.29, 1.82) is 0 Å². The summed E-state index contributed by atoms with van der Waals surface area (Å²) < 4.78 is 33.7. The minimum Gasteiger partial charge on any atom is -0.390 e. The second kappa shape index (κ2) is 8.50. The molecule has 1 aromatic heterocycles. The first-order valence-electron chi connectivity index (χ1n) is 6.92. The van der Waals surface area contributed by atoms with E-state index in [-0.39, 0.29) is 18.0 Å². The van der Waals surface area contributed by atoms with Crippen molar-refractivity contribution < 1.29 is 18.3 Å². The molecule has 0 aliphatic rings. The second-order valence-corrected chi connectivity index (χ2v) is 6.69. The molecule has 21 heavy (non-hydrogen) atoms. The summed E-state index contributed by atoms with van der Waals surface area (Å²) in [7, 11) is 0.337. The Kier molecular flexibility index (Phi) is 7.33. The summed E-state index contributed by atoms with van der Waals surface area (Å²) in [5.41, 5.74) is 0.583. The first-order valence-corrected chi connectivity index (χ1v) is 8.41. The van der Waals surface area contributed by atoms with Gasteiger partial charge in [0.25, 0.3) is 0 Å². The maximum absolute atomic E-state index is 12.1. The van der Waals surface area contributed by atoms with E-state index in [1.165, 1.54) is 12.3 Å². The maximum atomic E-state index is 12.1. The normalized spacial score (nSPS) is 12.2. The topological polar surface area (TPSA) is 83.8 Å². The molecule has 1 aromatic rings. The molecular weight excluding hydrogens is 294 g/mol. The van der Waals surface area contributed by atoms with Gasteiger partial charge < -0.3 is 19.3 Å². The van der Waals surface area contributed by atoms with Crippen LogP contribution >= 0.6 is 0 Å². The van der Waals surface area contributed by atoms with Gasteiger partial charge in [0.15, 0.2) is 0 Å². The number of ether oxygens (including phenoxy) is 1. The fourth-order valence-corrected chi connectivity index (χ4v) is 2.86. The highest BCUT2D eigenvalue weighted by molar-refractivity contribution is 7.89. The Balaban J connectivity index is 2.48. The SMILES string of the molecule is CCn1cc(S(=O)(=O)NCCOCCN(C)C)cc1CO. The van der Waals surface area contributed by atoms with Crippen molar-refractivity contribution in [1.82, 2.24) is 14.2 Å². The lowest BCUT2D eigenvalue weighted by molar-refractivity contribution is 0.122. The molecular formula is C13H25N3O4S. The highest BCUT2D eigenvalue weighted by Gasteiger charge is 2.17. The summed E-state index contributed by atoms with van der Waals surface area (Å²) in [6.07, 6.45) is 1.53. The van der Waals surface area contributed by atoms with E-state index in [1.54, 1.807) is 4.57 Å². The summed E-state index contributed by atoms with van der Waals surface area (Å²) in [5, 5.41) is 9.19. The highest BCUT2D eigenvalue weighted by Crippen LogP contribution is 2.14. The van der Waals surface area contributed by atoms with Gasteiger partial charge in [-0.25, -0.2) is 13.1 Å². The van der Waals surface area contributed by atoms with Crippen LogP contribution in [0.1, 0.15) is 12.6 Å². The van der Waals surface area contributed by atoms with E-state index in [2.05, 4.69) is 4.72 Å². The van der Waals surface area contributed by atoms with E-state index < -0.39 is 10.0 Å². The van der Waals surface area contributed by atoms with E-state index in [9.17, 15) is 13.5 Å². The molecule has 0 aliphatic heterocycles. The second-order valence-electron chi connectivity index (χ2n) is 4.92. The van der Waals surface area contributed by atoms with Crippen LogP contribution in [0.5, 0.6) is 0 Å². The fourth-order valence-electron chi connectivity index (χ4n) is 1.78. The van der Waals surface area contributed by atoms with Gasteiger partial charge in [0.05, 0.1) is 24.7 Å². The molecule has 0 aromatic carbocycles. The van der Waals surface area contributed by atoms with Gasteiger partial charge in [-0.2, -0.15) is 0 Å². The number of rotatable bonds is 10. The zero-order chi connectivity index (χ0) is 15.9. The average molecular weight is 319 g/mol. The summed E-state index contributed by atoms with van der Waals surface area (Å²) in [5.74, 6) is 0. The average Bonchev–Trinajstić information content (AvgIpc) is 2.86. The van der Waals surface area contributed by atoms with Crippen LogP contribution in [0.3, 0.4) is 0 Å². The van der Waals surface area contributed by atoms with Crippen LogP contribution in [-0.4, -0.2) is 63.4 Å². The van der Waals surface area contributed by atoms with E-state index in [4.69, 9.17) is 4.74 Å². The van der Waals surface area contributed by atoms with Crippen molar-refractivity contribution in [3.8, 4) is 0 Å². The standard InChI is InChI=1S/C13H25N3O4S/c1-4-16-10-13(9-12(16)11-17)21(18,19)14-5-7-20-8-6-15(2)3/h9-10,14,17H,4-8,11H2,1-3H3. The molecule has 0 bridgehead atoms. The number of sulfonamides is 1. The van der Waals surface area contributed by atoms with Crippen molar-refractivity contribution in [3.05, 3.63) is 18.0 Å². The quantitative estimate of drug-likeness (QED) is 0.586. The minimum absolute atomic E-state index is 0.168. The first kappa shape index (κ1) is 18.1. The third-order valence-corrected chi connectivity index (χ3v) is 4.42. The molecule has 0 saturated heterocycles. The van der Waals surface area contributed by atoms with E-state index >= 15 is 0 Å². The molecule has 0 saturated carbocycles. The molecule has 0 fully saturated rings. The minimum atomic E-state index is -3.56. The number of aryl methyl sites for hydroxylation is 1. The molecule has 1 rings (SSSR count). The Hall–Kier alpha value is -0.930. The Morgan fingerprint density at radius 1 is 1.38 bits per heavy atom. The number of hydrogen-bond acceptors (Lipinski definition) is 5. The van der Waals surface area contributed by atoms with Crippen molar-refractivity contribution in [3.63, 3.8) is 0 Å². The molecule has 0 spiro atoms. The Bertz CT molecular complexity index is 504. The predicted octanol–water partition coefficient (Wildman–Crippen LogP) is -0.143. The van der Waals surface area contributed by atoms with Crippen LogP contribution in [0, 0.1) is 0 Å². The van der Waals surface area contributed by atoms with Gasteiger partial charge in [0.2, 0.25) is 10.0 Å². The molecule has 122 valence electrons. The number of aromatic nitrogens is 1. The third-order valence-electron chi connectivity index (χ3n) is 3.00. The smallest absolute Gasteiger partial charge is 0.242 e. The van der Waals surface area contributed by atoms with Gasteiger partial charge >= 0.3 is 0 Å². The first-order chi connectivity index (χ1) is 9.90. The van der Waals surface area contributed by atoms with Gasteiger partial charge in [-0.15, -0.1) is 0 Å². The van der Waals surface area contributed by atoms with E-state index in [0.717, 1.165) is 6.54 Å². The number of likely N-dealkylation sites (N-methyl/N-ethyl adjacent to an activating group) is 1. The molecule has 1 heterocycles. The number of nitrogens with zero attached hydrogens (tertiary/aromatic N) is 2. The summed E-state index contributed by atoms with van der Waals surface area (Å²) in [4.78, 5) is 2.16. The van der Waals surface area contributed by atoms with Gasteiger partial charge in [-0.3, -0.25) is 0 Å². The lowest BCUT2D eigenvalue weighted by atomic mass is 10.4. The number of aliphatic hydroxyl groups excluding tert-OH is 1. The van der Waals surface area contributed by atoms with Crippen LogP contribution < -0.4 is 4.72 Å². The van der Waals surface area contributed by atoms with Crippen LogP contribution in [0.25, 0.3) is 0 Å². The van der Waals surface area contributed by atoms with Crippen LogP contribution in [0.15, 0.2) is 17.2 Å². The van der Waals surface area contributed by atoms with Crippen molar-refractivity contribution >= 4 is 10.0 Å². The summed E-state index contributed by atoms with van der Waals surface area (Å²) >= 11 is 0. The molecule has 0 aliphatic carbocycles. The monoisotopic (exact) mass is 319 g/mol. The number of hydrogen-bond donors (Lipinski definition) is 2. The van der Waals surface area contributed by atoms with E-state index in [1.807, 2.05) is 25.9 Å². The van der Waals surface area contributed by atoms with Crippen LogP contribution in [0.2, 0.25) is 0 Å². The zero-order valence-electron chi connectivity index (χ0n) is 12.9. The van der Waals surface area contributed by atoms with Crippen LogP contribution in [0.4, 0.5) is 0 Å². The van der Waals surface area contributed by atoms with Crippen molar-refractivity contribution in [2.75, 3.05) is 40.4 Å². The van der Waals surface area contributed by atoms with E-state index in [0.29, 0.717) is 25.5 Å². The lowest BCUT2D eigenvalue weighted by Gasteiger charge is -2.10. The largest absolute Gasteiger partial charge is 0.390 e. The lowest BCUT2D eigenvalue weighted by Crippen LogP contribution is -2.28. The van der Waals surface area contributed by atoms with Gasteiger partial charge in [-0.1, -0.05) is 0 Å². The van der Waals surface area contributed by atoms with Gasteiger partial charge in [-0.05, 0) is 27.1 Å². The summed E-state index contributed by atoms with van der Waals surface area (Å²) in [6, 6.07) is 1.48. The van der Waals surface area contributed by atoms with Gasteiger partial charge in [0.1, 0.15) is 0 Å². The Labute approximate surface area is 126 Å². The molecule has 8 heteroatoms. The molecule has 0 radical (unpaired) electrons. The number of nitrogens with one attached hydrogen (secondary N) is 1. The molecule has 0 unspecified atom stereocenters. The number of aliphatic hydroxyl groups is 1. The maximum Gasteiger partial charge on any atom is 0.242 e. The predicted molar refractivity (Wildman–Crippen MR) is 80.6 cm³/mol. The fraction of sp³-hybridized carbons (Fsp3) is 0.692. The molecule has 0 amide bonds. The van der Waals surface area contributed by atoms with Gasteiger partial charge in [0, 0.05) is 31.5 Å². The summed E-state index contributed by atoms with van der Waals surface area (Å²) in [6.45, 7) is 4.23. The van der Waals surface area contributed by atoms with Crippen molar-refractivity contribution in [2.45, 2.75) is 25.0 Å². The molecule has 2 N–H and O–H groups in total. The third kappa shape index (κ3) is 5.76. The zero-order valence-corrected chi connectivity index (χ0v) is 13.7. The highest BCUT2D eigenvalue weighted by atomic mass is 32.2. The van der Waals surface area contributed by atoms with Crippen LogP contribution in [-0.2, 0) is 27.9 Å². The Morgan fingerprint density at radius 2 is 2.10 bits per heavy atom.